The fourth-order valence-electron chi connectivity index (χ4n) is 3.60. The molecule has 4 rings (SSSR count). The summed E-state index contributed by atoms with van der Waals surface area (Å²) in [6.07, 6.45) is 4.44. The van der Waals surface area contributed by atoms with Crippen molar-refractivity contribution in [3.05, 3.63) is 64.2 Å². The van der Waals surface area contributed by atoms with Crippen LogP contribution in [0.15, 0.2) is 45.9 Å². The molecule has 1 atom stereocenters. The van der Waals surface area contributed by atoms with Crippen molar-refractivity contribution < 1.29 is 9.21 Å². The van der Waals surface area contributed by atoms with Gasteiger partial charge in [0.15, 0.2) is 5.58 Å². The SMILES string of the molecule is CCc1nn(C(CC)C(=O)NCc2cccnc2)c(=O)c2cc3oc(C)cc3n12. The molecule has 0 aliphatic carbocycles. The highest BCUT2D eigenvalue weighted by molar-refractivity contribution is 5.83. The van der Waals surface area contributed by atoms with Crippen molar-refractivity contribution in [3.63, 3.8) is 0 Å². The number of carbonyl (C=O) groups is 1. The van der Waals surface area contributed by atoms with Gasteiger partial charge in [-0.25, -0.2) is 4.68 Å². The van der Waals surface area contributed by atoms with Gasteiger partial charge in [0.2, 0.25) is 5.91 Å². The van der Waals surface area contributed by atoms with E-state index in [4.69, 9.17) is 4.42 Å². The van der Waals surface area contributed by atoms with Crippen molar-refractivity contribution in [2.45, 2.75) is 46.2 Å². The van der Waals surface area contributed by atoms with Gasteiger partial charge in [0.25, 0.3) is 5.56 Å². The third-order valence-electron chi connectivity index (χ3n) is 5.01. The smallest absolute Gasteiger partial charge is 0.291 e. The zero-order valence-electron chi connectivity index (χ0n) is 16.7. The number of nitrogens with one attached hydrogen (secondary N) is 1. The number of furan rings is 1. The lowest BCUT2D eigenvalue weighted by atomic mass is 10.2. The fraction of sp³-hybridized carbons (Fsp3) is 0.333. The van der Waals surface area contributed by atoms with E-state index in [2.05, 4.69) is 15.4 Å². The summed E-state index contributed by atoms with van der Waals surface area (Å²) in [4.78, 5) is 30.1. The Labute approximate surface area is 167 Å². The molecular weight excluding hydrogens is 370 g/mol. The van der Waals surface area contributed by atoms with E-state index in [1.165, 1.54) is 4.68 Å². The Balaban J connectivity index is 1.73. The number of fused-ring (bicyclic) bond motifs is 3. The predicted molar refractivity (Wildman–Crippen MR) is 109 cm³/mol. The molecule has 0 radical (unpaired) electrons. The molecule has 150 valence electrons. The molecule has 0 bridgehead atoms. The van der Waals surface area contributed by atoms with E-state index in [9.17, 15) is 9.59 Å². The predicted octanol–water partition coefficient (Wildman–Crippen LogP) is 2.78. The van der Waals surface area contributed by atoms with Crippen LogP contribution >= 0.6 is 0 Å². The van der Waals surface area contributed by atoms with Crippen LogP contribution in [0.5, 0.6) is 0 Å². The Hall–Kier alpha value is -3.42. The lowest BCUT2D eigenvalue weighted by molar-refractivity contribution is -0.125. The maximum atomic E-state index is 13.2. The van der Waals surface area contributed by atoms with E-state index in [1.807, 2.05) is 43.4 Å². The molecule has 0 saturated carbocycles. The number of aryl methyl sites for hydroxylation is 2. The largest absolute Gasteiger partial charge is 0.460 e. The fourth-order valence-corrected chi connectivity index (χ4v) is 3.60. The standard InChI is InChI=1S/C21H23N5O3/c1-4-15(20(27)23-12-14-7-6-8-22-11-14)26-21(28)17-10-18-16(9-13(3)29-18)25(17)19(5-2)24-26/h6-11,15H,4-5,12H2,1-3H3,(H,23,27). The zero-order valence-corrected chi connectivity index (χ0v) is 16.7. The van der Waals surface area contributed by atoms with Gasteiger partial charge in [-0.05, 0) is 25.0 Å². The topological polar surface area (TPSA) is 94.4 Å². The lowest BCUT2D eigenvalue weighted by Gasteiger charge is -2.18. The molecule has 1 amide bonds. The van der Waals surface area contributed by atoms with Crippen molar-refractivity contribution in [2.24, 2.45) is 0 Å². The zero-order chi connectivity index (χ0) is 20.5. The van der Waals surface area contributed by atoms with Gasteiger partial charge in [0, 0.05) is 37.5 Å². The number of rotatable bonds is 6. The normalized spacial score (nSPS) is 12.5. The molecule has 0 fully saturated rings. The van der Waals surface area contributed by atoms with Crippen LogP contribution in [0.4, 0.5) is 0 Å². The minimum Gasteiger partial charge on any atom is -0.460 e. The summed E-state index contributed by atoms with van der Waals surface area (Å²) in [5.41, 5.74) is 2.50. The molecule has 4 aromatic rings. The van der Waals surface area contributed by atoms with Crippen molar-refractivity contribution in [3.8, 4) is 0 Å². The van der Waals surface area contributed by atoms with E-state index in [0.29, 0.717) is 36.3 Å². The number of nitrogens with zero attached hydrogens (tertiary/aromatic N) is 4. The first-order valence-corrected chi connectivity index (χ1v) is 9.73. The maximum absolute atomic E-state index is 13.2. The Kier molecular flexibility index (Phi) is 4.92. The van der Waals surface area contributed by atoms with Gasteiger partial charge < -0.3 is 9.73 Å². The summed E-state index contributed by atoms with van der Waals surface area (Å²) in [7, 11) is 0. The van der Waals surface area contributed by atoms with Gasteiger partial charge in [-0.15, -0.1) is 0 Å². The lowest BCUT2D eigenvalue weighted by Crippen LogP contribution is -2.39. The molecule has 8 heteroatoms. The second kappa shape index (κ2) is 7.54. The molecule has 1 N–H and O–H groups in total. The molecule has 0 aliphatic heterocycles. The molecule has 1 unspecified atom stereocenters. The monoisotopic (exact) mass is 393 g/mol. The summed E-state index contributed by atoms with van der Waals surface area (Å²) in [6.45, 7) is 6.05. The second-order valence-corrected chi connectivity index (χ2v) is 6.99. The number of amides is 1. The van der Waals surface area contributed by atoms with Crippen molar-refractivity contribution in [1.82, 2.24) is 24.5 Å². The van der Waals surface area contributed by atoms with Gasteiger partial charge in [-0.1, -0.05) is 19.9 Å². The summed E-state index contributed by atoms with van der Waals surface area (Å²) >= 11 is 0. The number of carbonyl (C=O) groups excluding carboxylic acids is 1. The number of hydrogen-bond acceptors (Lipinski definition) is 5. The summed E-state index contributed by atoms with van der Waals surface area (Å²) in [5.74, 6) is 1.23. The molecular formula is C21H23N5O3. The average Bonchev–Trinajstić information content (AvgIpc) is 3.26. The van der Waals surface area contributed by atoms with E-state index in [0.717, 1.165) is 16.8 Å². The van der Waals surface area contributed by atoms with Crippen molar-refractivity contribution in [1.29, 1.82) is 0 Å². The van der Waals surface area contributed by atoms with Crippen LogP contribution in [0.2, 0.25) is 0 Å². The number of hydrogen-bond donors (Lipinski definition) is 1. The molecule has 0 aliphatic rings. The van der Waals surface area contributed by atoms with Crippen LogP contribution in [-0.4, -0.2) is 25.1 Å². The first-order chi connectivity index (χ1) is 14.0. The van der Waals surface area contributed by atoms with E-state index >= 15 is 0 Å². The van der Waals surface area contributed by atoms with Crippen LogP contribution in [0.1, 0.15) is 43.5 Å². The minimum atomic E-state index is -0.697. The van der Waals surface area contributed by atoms with Crippen molar-refractivity contribution in [2.75, 3.05) is 0 Å². The number of pyridine rings is 1. The Morgan fingerprint density at radius 3 is 2.79 bits per heavy atom. The Bertz CT molecular complexity index is 1240. The molecule has 4 heterocycles. The summed E-state index contributed by atoms with van der Waals surface area (Å²) in [6, 6.07) is 6.62. The first kappa shape index (κ1) is 18.9. The highest BCUT2D eigenvalue weighted by atomic mass is 16.3. The van der Waals surface area contributed by atoms with Crippen LogP contribution in [0.25, 0.3) is 16.6 Å². The number of aromatic nitrogens is 4. The molecule has 0 spiro atoms. The maximum Gasteiger partial charge on any atom is 0.291 e. The van der Waals surface area contributed by atoms with Crippen LogP contribution < -0.4 is 10.9 Å². The van der Waals surface area contributed by atoms with E-state index in [1.54, 1.807) is 18.5 Å². The third kappa shape index (κ3) is 3.30. The van der Waals surface area contributed by atoms with Gasteiger partial charge in [0.05, 0.1) is 5.52 Å². The molecule has 8 nitrogen and oxygen atoms in total. The molecule has 0 aromatic carbocycles. The van der Waals surface area contributed by atoms with E-state index in [-0.39, 0.29) is 11.5 Å². The molecule has 4 aromatic heterocycles. The Morgan fingerprint density at radius 2 is 2.10 bits per heavy atom. The highest BCUT2D eigenvalue weighted by Gasteiger charge is 2.24. The van der Waals surface area contributed by atoms with Crippen LogP contribution in [-0.2, 0) is 17.8 Å². The molecule has 29 heavy (non-hydrogen) atoms. The highest BCUT2D eigenvalue weighted by Crippen LogP contribution is 2.24. The van der Waals surface area contributed by atoms with Gasteiger partial charge in [-0.3, -0.25) is 19.0 Å². The minimum absolute atomic E-state index is 0.247. The van der Waals surface area contributed by atoms with Gasteiger partial charge >= 0.3 is 0 Å². The quantitative estimate of drug-likeness (QED) is 0.544. The third-order valence-corrected chi connectivity index (χ3v) is 5.01. The summed E-state index contributed by atoms with van der Waals surface area (Å²) in [5, 5.41) is 7.44. The van der Waals surface area contributed by atoms with Crippen LogP contribution in [0.3, 0.4) is 0 Å². The van der Waals surface area contributed by atoms with Gasteiger partial charge in [-0.2, -0.15) is 5.10 Å². The van der Waals surface area contributed by atoms with Crippen molar-refractivity contribution >= 4 is 22.5 Å². The Morgan fingerprint density at radius 1 is 1.28 bits per heavy atom. The van der Waals surface area contributed by atoms with Crippen LogP contribution in [0, 0.1) is 6.92 Å². The summed E-state index contributed by atoms with van der Waals surface area (Å²) < 4.78 is 8.82. The first-order valence-electron chi connectivity index (χ1n) is 9.73. The average molecular weight is 393 g/mol. The molecule has 0 saturated heterocycles. The van der Waals surface area contributed by atoms with E-state index < -0.39 is 6.04 Å². The second-order valence-electron chi connectivity index (χ2n) is 6.99. The van der Waals surface area contributed by atoms with Gasteiger partial charge in [0.1, 0.15) is 23.1 Å².